The first-order chi connectivity index (χ1) is 16.8. The van der Waals surface area contributed by atoms with Gasteiger partial charge >= 0.3 is 18.1 Å². The molecule has 1 aliphatic heterocycles. The van der Waals surface area contributed by atoms with Crippen molar-refractivity contribution in [2.45, 2.75) is 51.2 Å². The molecular formula is C25H27Cl2N3O5. The lowest BCUT2D eigenvalue weighted by atomic mass is 9.85. The summed E-state index contributed by atoms with van der Waals surface area (Å²) < 4.78 is 5.70. The van der Waals surface area contributed by atoms with Crippen LogP contribution in [0.4, 0.5) is 21.0 Å². The molecule has 1 saturated carbocycles. The number of hydrogen-bond donors (Lipinski definition) is 3. The van der Waals surface area contributed by atoms with Crippen LogP contribution in [0.3, 0.4) is 0 Å². The molecule has 8 nitrogen and oxygen atoms in total. The summed E-state index contributed by atoms with van der Waals surface area (Å²) in [5, 5.41) is 15.2. The molecule has 35 heavy (non-hydrogen) atoms. The van der Waals surface area contributed by atoms with Crippen LogP contribution in [0.15, 0.2) is 36.4 Å². The highest BCUT2D eigenvalue weighted by Gasteiger charge is 2.28. The van der Waals surface area contributed by atoms with Gasteiger partial charge in [-0.1, -0.05) is 29.3 Å². The van der Waals surface area contributed by atoms with Gasteiger partial charge in [-0.15, -0.1) is 0 Å². The van der Waals surface area contributed by atoms with Gasteiger partial charge in [0.25, 0.3) is 0 Å². The number of nitrogens with zero attached hydrogens (tertiary/aromatic N) is 1. The van der Waals surface area contributed by atoms with Crippen LogP contribution < -0.4 is 10.6 Å². The maximum Gasteiger partial charge on any atom is 0.410 e. The smallest absolute Gasteiger partial charge is 0.410 e. The number of hydrogen-bond acceptors (Lipinski definition) is 4. The molecule has 186 valence electrons. The molecule has 0 unspecified atom stereocenters. The van der Waals surface area contributed by atoms with Crippen molar-refractivity contribution < 1.29 is 24.2 Å². The number of carbonyl (C=O) groups excluding carboxylic acids is 2. The van der Waals surface area contributed by atoms with Crippen molar-refractivity contribution in [2.75, 3.05) is 17.2 Å². The van der Waals surface area contributed by atoms with Crippen molar-refractivity contribution in [3.05, 3.63) is 57.6 Å². The fourth-order valence-electron chi connectivity index (χ4n) is 4.57. The topological polar surface area (TPSA) is 108 Å². The number of ether oxygens (including phenoxy) is 1. The molecule has 2 aliphatic rings. The lowest BCUT2D eigenvalue weighted by Crippen LogP contribution is -2.39. The summed E-state index contributed by atoms with van der Waals surface area (Å²) >= 11 is 11.9. The number of carbonyl (C=O) groups is 3. The minimum Gasteiger partial charge on any atom is -0.481 e. The van der Waals surface area contributed by atoms with Crippen molar-refractivity contribution in [2.24, 2.45) is 5.92 Å². The zero-order chi connectivity index (χ0) is 24.9. The molecule has 0 spiro atoms. The van der Waals surface area contributed by atoms with Gasteiger partial charge in [0.2, 0.25) is 0 Å². The van der Waals surface area contributed by atoms with Crippen LogP contribution in [0.5, 0.6) is 0 Å². The average Bonchev–Trinajstić information content (AvgIpc) is 2.82. The van der Waals surface area contributed by atoms with Gasteiger partial charge in [0.1, 0.15) is 6.10 Å². The number of urea groups is 1. The predicted molar refractivity (Wildman–Crippen MR) is 134 cm³/mol. The molecule has 0 aromatic heterocycles. The summed E-state index contributed by atoms with van der Waals surface area (Å²) in [4.78, 5) is 37.6. The molecule has 0 radical (unpaired) electrons. The molecule has 3 N–H and O–H groups in total. The maximum absolute atomic E-state index is 12.7. The van der Waals surface area contributed by atoms with E-state index in [1.165, 1.54) is 0 Å². The van der Waals surface area contributed by atoms with Gasteiger partial charge < -0.3 is 25.4 Å². The van der Waals surface area contributed by atoms with E-state index >= 15 is 0 Å². The molecule has 1 aliphatic carbocycles. The Balaban J connectivity index is 1.27. The Morgan fingerprint density at radius 2 is 1.63 bits per heavy atom. The highest BCUT2D eigenvalue weighted by molar-refractivity contribution is 6.42. The monoisotopic (exact) mass is 519 g/mol. The van der Waals surface area contributed by atoms with Crippen LogP contribution in [0.1, 0.15) is 43.2 Å². The van der Waals surface area contributed by atoms with Crippen molar-refractivity contribution >= 4 is 52.7 Å². The van der Waals surface area contributed by atoms with E-state index in [1.807, 2.05) is 12.1 Å². The number of carboxylic acid groups (broad SMARTS) is 1. The molecule has 10 heteroatoms. The number of fused-ring (bicyclic) bond motifs is 1. The fourth-order valence-corrected chi connectivity index (χ4v) is 4.87. The Labute approximate surface area is 213 Å². The molecule has 0 atom stereocenters. The van der Waals surface area contributed by atoms with Crippen LogP contribution >= 0.6 is 23.2 Å². The highest BCUT2D eigenvalue weighted by atomic mass is 35.5. The predicted octanol–water partition coefficient (Wildman–Crippen LogP) is 6.17. The van der Waals surface area contributed by atoms with E-state index in [0.717, 1.165) is 24.0 Å². The molecular weight excluding hydrogens is 493 g/mol. The summed E-state index contributed by atoms with van der Waals surface area (Å²) in [7, 11) is 0. The van der Waals surface area contributed by atoms with Gasteiger partial charge in [-0.3, -0.25) is 4.79 Å². The first-order valence-corrected chi connectivity index (χ1v) is 12.3. The lowest BCUT2D eigenvalue weighted by Gasteiger charge is -2.32. The van der Waals surface area contributed by atoms with Crippen LogP contribution in [-0.2, 0) is 22.5 Å². The molecule has 4 rings (SSSR count). The standard InChI is InChI=1S/C25H27Cl2N3O5/c26-21-8-5-19(13-22(21)27)29-24(33)28-18-4-3-17-14-30(10-9-16(17)12-18)25(34)35-20-6-1-15(2-7-20)11-23(31)32/h3-5,8,12-13,15,20H,1-2,6-7,9-11,14H2,(H,31,32)(H2,28,29,33). The third-order valence-corrected chi connectivity index (χ3v) is 7.18. The van der Waals surface area contributed by atoms with E-state index in [1.54, 1.807) is 29.2 Å². The van der Waals surface area contributed by atoms with E-state index in [2.05, 4.69) is 10.6 Å². The fraction of sp³-hybridized carbons (Fsp3) is 0.400. The van der Waals surface area contributed by atoms with Gasteiger partial charge in [-0.2, -0.15) is 0 Å². The molecule has 2 aromatic rings. The molecule has 0 saturated heterocycles. The first-order valence-electron chi connectivity index (χ1n) is 11.6. The average molecular weight is 520 g/mol. The molecule has 1 heterocycles. The number of halogens is 2. The number of amides is 3. The van der Waals surface area contributed by atoms with Crippen LogP contribution in [0, 0.1) is 5.92 Å². The summed E-state index contributed by atoms with van der Waals surface area (Å²) in [6, 6.07) is 10.1. The van der Waals surface area contributed by atoms with E-state index < -0.39 is 12.0 Å². The Morgan fingerprint density at radius 1 is 0.943 bits per heavy atom. The number of rotatable bonds is 5. The largest absolute Gasteiger partial charge is 0.481 e. The first kappa shape index (κ1) is 25.1. The molecule has 0 bridgehead atoms. The Hall–Kier alpha value is -2.97. The summed E-state index contributed by atoms with van der Waals surface area (Å²) in [5.74, 6) is -0.610. The van der Waals surface area contributed by atoms with Gasteiger partial charge in [0.05, 0.1) is 10.0 Å². The third-order valence-electron chi connectivity index (χ3n) is 6.44. The maximum atomic E-state index is 12.7. The third kappa shape index (κ3) is 6.80. The SMILES string of the molecule is O=C(O)CC1CCC(OC(=O)N2CCc3cc(NC(=O)Nc4ccc(Cl)c(Cl)c4)ccc3C2)CC1. The highest BCUT2D eigenvalue weighted by Crippen LogP contribution is 2.30. The van der Waals surface area contributed by atoms with Gasteiger partial charge in [0, 0.05) is 30.9 Å². The second-order valence-corrected chi connectivity index (χ2v) is 9.80. The second kappa shape index (κ2) is 11.2. The van der Waals surface area contributed by atoms with Gasteiger partial charge in [-0.25, -0.2) is 9.59 Å². The summed E-state index contributed by atoms with van der Waals surface area (Å²) in [6.45, 7) is 0.970. The van der Waals surface area contributed by atoms with Crippen LogP contribution in [0.2, 0.25) is 10.0 Å². The van der Waals surface area contributed by atoms with Gasteiger partial charge in [-0.05, 0) is 79.5 Å². The zero-order valence-corrected chi connectivity index (χ0v) is 20.6. The number of anilines is 2. The number of nitrogens with one attached hydrogen (secondary N) is 2. The molecule has 3 amide bonds. The summed E-state index contributed by atoms with van der Waals surface area (Å²) in [6.07, 6.45) is 3.27. The van der Waals surface area contributed by atoms with Crippen molar-refractivity contribution in [1.82, 2.24) is 4.90 Å². The van der Waals surface area contributed by atoms with Gasteiger partial charge in [0.15, 0.2) is 0 Å². The number of carboxylic acids is 1. The van der Waals surface area contributed by atoms with Crippen LogP contribution in [-0.4, -0.2) is 40.7 Å². The number of benzene rings is 2. The van der Waals surface area contributed by atoms with E-state index in [4.69, 9.17) is 33.0 Å². The summed E-state index contributed by atoms with van der Waals surface area (Å²) in [5.41, 5.74) is 3.25. The Kier molecular flexibility index (Phi) is 8.03. The minimum absolute atomic E-state index is 0.158. The van der Waals surface area contributed by atoms with E-state index in [9.17, 15) is 14.4 Å². The van der Waals surface area contributed by atoms with E-state index in [0.29, 0.717) is 53.8 Å². The Morgan fingerprint density at radius 3 is 2.31 bits per heavy atom. The molecule has 1 fully saturated rings. The van der Waals surface area contributed by atoms with Crippen molar-refractivity contribution in [3.8, 4) is 0 Å². The zero-order valence-electron chi connectivity index (χ0n) is 19.1. The van der Waals surface area contributed by atoms with Crippen LogP contribution in [0.25, 0.3) is 0 Å². The minimum atomic E-state index is -0.775. The quantitative estimate of drug-likeness (QED) is 0.437. The van der Waals surface area contributed by atoms with E-state index in [-0.39, 0.29) is 24.5 Å². The lowest BCUT2D eigenvalue weighted by molar-refractivity contribution is -0.138. The molecule has 2 aromatic carbocycles. The van der Waals surface area contributed by atoms with Crippen molar-refractivity contribution in [3.63, 3.8) is 0 Å². The second-order valence-electron chi connectivity index (χ2n) is 8.99. The Bertz CT molecular complexity index is 1120. The normalized spacial score (nSPS) is 19.4. The van der Waals surface area contributed by atoms with Crippen molar-refractivity contribution in [1.29, 1.82) is 0 Å². The number of aliphatic carboxylic acids is 1.